The molecule has 0 bridgehead atoms. The van der Waals surface area contributed by atoms with E-state index in [1.165, 1.54) is 0 Å². The molecule has 0 unspecified atom stereocenters. The van der Waals surface area contributed by atoms with Crippen molar-refractivity contribution in [1.82, 2.24) is 5.32 Å². The van der Waals surface area contributed by atoms with E-state index in [9.17, 15) is 32.3 Å². The third kappa shape index (κ3) is 8.86. The normalized spacial score (nSPS) is 13.7. The second-order valence-corrected chi connectivity index (χ2v) is 8.47. The van der Waals surface area contributed by atoms with E-state index in [0.29, 0.717) is 5.56 Å². The number of aliphatic hydroxyl groups excluding tert-OH is 1. The number of benzene rings is 3. The molecule has 1 amide bonds. The molecule has 11 heteroatoms. The highest BCUT2D eigenvalue weighted by atomic mass is 19.4. The lowest BCUT2D eigenvalue weighted by Gasteiger charge is -2.23. The van der Waals surface area contributed by atoms with Crippen molar-refractivity contribution in [2.24, 2.45) is 5.73 Å². The lowest BCUT2D eigenvalue weighted by molar-refractivity contribution is -0.275. The molecule has 0 saturated heterocycles. The van der Waals surface area contributed by atoms with Gasteiger partial charge < -0.3 is 25.6 Å². The molecule has 4 N–H and O–H groups in total. The molecule has 0 fully saturated rings. The van der Waals surface area contributed by atoms with E-state index in [1.54, 1.807) is 60.7 Å². The summed E-state index contributed by atoms with van der Waals surface area (Å²) in [6.07, 6.45) is -6.96. The number of aliphatic hydroxyl groups is 1. The summed E-state index contributed by atoms with van der Waals surface area (Å²) in [6, 6.07) is 17.8. The summed E-state index contributed by atoms with van der Waals surface area (Å²) in [7, 11) is 0. The van der Waals surface area contributed by atoms with Gasteiger partial charge in [-0.1, -0.05) is 66.7 Å². The number of esters is 1. The van der Waals surface area contributed by atoms with Gasteiger partial charge in [0.2, 0.25) is 0 Å². The summed E-state index contributed by atoms with van der Waals surface area (Å²) >= 11 is 0. The summed E-state index contributed by atoms with van der Waals surface area (Å²) in [5, 5.41) is 12.8. The molecular formula is C27H26F4N2O5. The summed E-state index contributed by atoms with van der Waals surface area (Å²) in [5.74, 6) is -4.22. The zero-order valence-electron chi connectivity index (χ0n) is 20.0. The van der Waals surface area contributed by atoms with Crippen molar-refractivity contribution < 1.29 is 41.7 Å². The molecule has 3 rings (SSSR count). The molecule has 3 aromatic rings. The van der Waals surface area contributed by atoms with Gasteiger partial charge in [0.15, 0.2) is 11.6 Å². The van der Waals surface area contributed by atoms with E-state index in [0.717, 1.165) is 23.8 Å². The fraction of sp³-hybridized carbons (Fsp3) is 0.259. The van der Waals surface area contributed by atoms with Crippen molar-refractivity contribution >= 4 is 11.9 Å². The largest absolute Gasteiger partial charge is 0.573 e. The number of nitrogens with two attached hydrogens (primary N) is 1. The van der Waals surface area contributed by atoms with Crippen LogP contribution in [0.1, 0.15) is 16.7 Å². The van der Waals surface area contributed by atoms with Crippen LogP contribution in [0, 0.1) is 5.82 Å². The molecule has 0 aromatic heterocycles. The number of nitrogens with one attached hydrogen (secondary N) is 1. The number of amides is 1. The maximum atomic E-state index is 14.2. The Bertz CT molecular complexity index is 1210. The fourth-order valence-electron chi connectivity index (χ4n) is 3.59. The lowest BCUT2D eigenvalue weighted by Crippen LogP contribution is -2.52. The average Bonchev–Trinajstić information content (AvgIpc) is 2.88. The maximum absolute atomic E-state index is 14.2. The molecule has 0 heterocycles. The topological polar surface area (TPSA) is 111 Å². The van der Waals surface area contributed by atoms with Crippen LogP contribution in [0.5, 0.6) is 5.75 Å². The third-order valence-corrected chi connectivity index (χ3v) is 5.48. The summed E-state index contributed by atoms with van der Waals surface area (Å²) in [4.78, 5) is 25.6. The highest BCUT2D eigenvalue weighted by molar-refractivity contribution is 5.87. The van der Waals surface area contributed by atoms with Crippen LogP contribution in [0.2, 0.25) is 0 Å². The van der Waals surface area contributed by atoms with Crippen LogP contribution in [0.3, 0.4) is 0 Å². The third-order valence-electron chi connectivity index (χ3n) is 5.48. The van der Waals surface area contributed by atoms with Gasteiger partial charge in [0.1, 0.15) is 18.8 Å². The van der Waals surface area contributed by atoms with Gasteiger partial charge in [0.05, 0.1) is 0 Å². The van der Waals surface area contributed by atoms with Crippen LogP contribution in [0.25, 0.3) is 0 Å². The van der Waals surface area contributed by atoms with Crippen molar-refractivity contribution in [2.45, 2.75) is 44.0 Å². The van der Waals surface area contributed by atoms with E-state index in [2.05, 4.69) is 10.1 Å². The number of rotatable bonds is 11. The van der Waals surface area contributed by atoms with Gasteiger partial charge in [0, 0.05) is 12.5 Å². The number of carbonyl (C=O) groups is 2. The van der Waals surface area contributed by atoms with Gasteiger partial charge in [0.25, 0.3) is 5.91 Å². The van der Waals surface area contributed by atoms with Crippen molar-refractivity contribution in [3.8, 4) is 5.75 Å². The van der Waals surface area contributed by atoms with Crippen LogP contribution in [-0.2, 0) is 33.8 Å². The Balaban J connectivity index is 1.73. The number of halogens is 4. The number of carbonyl (C=O) groups excluding carboxylic acids is 2. The van der Waals surface area contributed by atoms with Crippen LogP contribution >= 0.6 is 0 Å². The molecule has 0 saturated carbocycles. The van der Waals surface area contributed by atoms with Gasteiger partial charge in [-0.25, -0.2) is 9.18 Å². The Labute approximate surface area is 216 Å². The Morgan fingerprint density at radius 3 is 2.08 bits per heavy atom. The number of alkyl halides is 3. The first-order valence-electron chi connectivity index (χ1n) is 11.5. The zero-order valence-corrected chi connectivity index (χ0v) is 20.0. The van der Waals surface area contributed by atoms with Crippen LogP contribution in [-0.4, -0.2) is 41.5 Å². The molecule has 38 heavy (non-hydrogen) atoms. The predicted octanol–water partition coefficient (Wildman–Crippen LogP) is 3.43. The first-order valence-corrected chi connectivity index (χ1v) is 11.5. The molecule has 0 radical (unpaired) electrons. The highest BCUT2D eigenvalue weighted by Crippen LogP contribution is 2.26. The standard InChI is InChI=1S/C27H26F4N2O5/c28-20-13-19(11-12-23(20)38-27(29,30)31)15-22(26(36)37-16-18-9-5-2-6-10-18)33-25(35)24(34)21(32)14-17-7-3-1-4-8-17/h1-13,21-22,24,34H,14-16,32H2,(H,33,35)/t21-,22+,24+/m1/s1. The number of hydrogen-bond acceptors (Lipinski definition) is 6. The first-order chi connectivity index (χ1) is 18.0. The molecule has 0 aliphatic heterocycles. The molecular weight excluding hydrogens is 508 g/mol. The summed E-state index contributed by atoms with van der Waals surface area (Å²) in [5.41, 5.74) is 7.51. The van der Waals surface area contributed by atoms with Gasteiger partial charge in [-0.2, -0.15) is 0 Å². The van der Waals surface area contributed by atoms with Crippen molar-refractivity contribution in [2.75, 3.05) is 0 Å². The molecule has 7 nitrogen and oxygen atoms in total. The quantitative estimate of drug-likeness (QED) is 0.257. The van der Waals surface area contributed by atoms with Crippen molar-refractivity contribution in [3.63, 3.8) is 0 Å². The minimum Gasteiger partial charge on any atom is -0.459 e. The Hall–Kier alpha value is -3.96. The van der Waals surface area contributed by atoms with Crippen molar-refractivity contribution in [3.05, 3.63) is 101 Å². The average molecular weight is 535 g/mol. The predicted molar refractivity (Wildman–Crippen MR) is 129 cm³/mol. The van der Waals surface area contributed by atoms with E-state index in [1.807, 2.05) is 0 Å². The van der Waals surface area contributed by atoms with Gasteiger partial charge in [-0.15, -0.1) is 13.2 Å². The van der Waals surface area contributed by atoms with E-state index in [4.69, 9.17) is 10.5 Å². The molecule has 0 spiro atoms. The van der Waals surface area contributed by atoms with E-state index >= 15 is 0 Å². The molecule has 3 aromatic carbocycles. The Morgan fingerprint density at radius 1 is 0.895 bits per heavy atom. The van der Waals surface area contributed by atoms with Crippen LogP contribution in [0.4, 0.5) is 17.6 Å². The second-order valence-electron chi connectivity index (χ2n) is 8.47. The molecule has 3 atom stereocenters. The van der Waals surface area contributed by atoms with Gasteiger partial charge in [-0.3, -0.25) is 4.79 Å². The SMILES string of the molecule is N[C@H](Cc1ccccc1)[C@H](O)C(=O)N[C@@H](Cc1ccc(OC(F)(F)F)c(F)c1)C(=O)OCc1ccccc1. The smallest absolute Gasteiger partial charge is 0.459 e. The van der Waals surface area contributed by atoms with Gasteiger partial charge >= 0.3 is 12.3 Å². The second kappa shape index (κ2) is 13.0. The number of hydrogen-bond donors (Lipinski definition) is 3. The van der Waals surface area contributed by atoms with Crippen LogP contribution < -0.4 is 15.8 Å². The van der Waals surface area contributed by atoms with Gasteiger partial charge in [-0.05, 0) is 35.2 Å². The zero-order chi connectivity index (χ0) is 27.7. The number of ether oxygens (including phenoxy) is 2. The Morgan fingerprint density at radius 2 is 1.50 bits per heavy atom. The van der Waals surface area contributed by atoms with E-state index in [-0.39, 0.29) is 25.0 Å². The molecule has 0 aliphatic rings. The highest BCUT2D eigenvalue weighted by Gasteiger charge is 2.33. The van der Waals surface area contributed by atoms with Crippen LogP contribution in [0.15, 0.2) is 78.9 Å². The molecule has 0 aliphatic carbocycles. The summed E-state index contributed by atoms with van der Waals surface area (Å²) < 4.78 is 60.5. The van der Waals surface area contributed by atoms with Crippen molar-refractivity contribution in [1.29, 1.82) is 0 Å². The maximum Gasteiger partial charge on any atom is 0.573 e. The lowest BCUT2D eigenvalue weighted by atomic mass is 10.0. The molecule has 202 valence electrons. The Kier molecular flexibility index (Phi) is 9.80. The minimum absolute atomic E-state index is 0.0714. The summed E-state index contributed by atoms with van der Waals surface area (Å²) in [6.45, 7) is -0.130. The monoisotopic (exact) mass is 534 g/mol. The van der Waals surface area contributed by atoms with E-state index < -0.39 is 48.0 Å². The first kappa shape index (κ1) is 28.6. The fourth-order valence-corrected chi connectivity index (χ4v) is 3.59. The minimum atomic E-state index is -5.09.